The molecule has 0 unspecified atom stereocenters. The van der Waals surface area contributed by atoms with Crippen molar-refractivity contribution in [3.05, 3.63) is 75.5 Å². The fourth-order valence-electron chi connectivity index (χ4n) is 4.79. The molecule has 2 aliphatic rings. The second-order valence-electron chi connectivity index (χ2n) is 9.37. The minimum Gasteiger partial charge on any atom is -0.367 e. The molecule has 0 aromatic carbocycles. The molecule has 0 saturated heterocycles. The van der Waals surface area contributed by atoms with Crippen LogP contribution in [0, 0.1) is 0 Å². The summed E-state index contributed by atoms with van der Waals surface area (Å²) in [6.07, 6.45) is 12.4. The monoisotopic (exact) mass is 470 g/mol. The molecule has 2 aliphatic carbocycles. The van der Waals surface area contributed by atoms with E-state index in [-0.39, 0.29) is 6.04 Å². The van der Waals surface area contributed by atoms with Crippen LogP contribution in [-0.4, -0.2) is 41.2 Å². The van der Waals surface area contributed by atoms with Crippen molar-refractivity contribution in [2.75, 3.05) is 10.6 Å². The summed E-state index contributed by atoms with van der Waals surface area (Å²) in [6, 6.07) is 7.45. The van der Waals surface area contributed by atoms with E-state index in [1.165, 1.54) is 23.0 Å². The third-order valence-corrected chi connectivity index (χ3v) is 6.86. The van der Waals surface area contributed by atoms with E-state index in [4.69, 9.17) is 0 Å². The molecule has 0 amide bonds. The number of nitrogens with zero attached hydrogens (tertiary/aromatic N) is 6. The molecular formula is C25H26N8O2. The van der Waals surface area contributed by atoms with Gasteiger partial charge in [-0.25, -0.2) is 29.3 Å². The van der Waals surface area contributed by atoms with Gasteiger partial charge in [-0.15, -0.1) is 0 Å². The zero-order chi connectivity index (χ0) is 23.9. The minimum absolute atomic E-state index is 0.263. The molecule has 4 aromatic rings. The van der Waals surface area contributed by atoms with Gasteiger partial charge in [0.2, 0.25) is 5.95 Å². The van der Waals surface area contributed by atoms with Crippen LogP contribution in [0.25, 0.3) is 16.7 Å². The zero-order valence-corrected chi connectivity index (χ0v) is 19.4. The molecule has 10 heteroatoms. The molecule has 6 rings (SSSR count). The molecule has 2 saturated carbocycles. The molecule has 2 N–H and O–H groups in total. The van der Waals surface area contributed by atoms with E-state index in [1.54, 1.807) is 43.7 Å². The van der Waals surface area contributed by atoms with Crippen LogP contribution in [0.2, 0.25) is 0 Å². The third-order valence-electron chi connectivity index (χ3n) is 6.86. The molecule has 2 atom stereocenters. The highest BCUT2D eigenvalue weighted by atomic mass is 16.2. The molecule has 4 heterocycles. The largest absolute Gasteiger partial charge is 0.367 e. The van der Waals surface area contributed by atoms with Crippen LogP contribution in [-0.2, 0) is 7.05 Å². The van der Waals surface area contributed by atoms with E-state index in [9.17, 15) is 9.59 Å². The molecule has 2 fully saturated rings. The molecule has 0 radical (unpaired) electrons. The molecular weight excluding hydrogens is 444 g/mol. The van der Waals surface area contributed by atoms with Crippen LogP contribution in [0.4, 0.5) is 11.8 Å². The predicted octanol–water partition coefficient (Wildman–Crippen LogP) is 2.59. The van der Waals surface area contributed by atoms with Gasteiger partial charge >= 0.3 is 5.69 Å². The van der Waals surface area contributed by atoms with Crippen molar-refractivity contribution in [3.8, 4) is 5.69 Å². The average molecular weight is 471 g/mol. The SMILES string of the molecule is Cn1c(=O)n(-c2ccc(N[C@H]3CC[C@H](Nc4ncc(C5CC5)cn4)C3)nc2)c(=O)c2cccnc21. The van der Waals surface area contributed by atoms with Gasteiger partial charge < -0.3 is 10.6 Å². The lowest BCUT2D eigenvalue weighted by atomic mass is 10.2. The van der Waals surface area contributed by atoms with Crippen molar-refractivity contribution in [2.24, 2.45) is 7.05 Å². The summed E-state index contributed by atoms with van der Waals surface area (Å²) in [6.45, 7) is 0. The average Bonchev–Trinajstić information content (AvgIpc) is 3.65. The quantitative estimate of drug-likeness (QED) is 0.441. The topological polar surface area (TPSA) is 120 Å². The Morgan fingerprint density at radius 1 is 0.886 bits per heavy atom. The second-order valence-corrected chi connectivity index (χ2v) is 9.37. The van der Waals surface area contributed by atoms with Gasteiger partial charge in [-0.05, 0) is 67.9 Å². The fraction of sp³-hybridized carbons (Fsp3) is 0.360. The Kier molecular flexibility index (Phi) is 5.28. The zero-order valence-electron chi connectivity index (χ0n) is 19.4. The standard InChI is InChI=1S/C25H26N8O2/c1-32-22-20(3-2-10-26-22)23(34)33(25(32)35)19-8-9-21(27-14-19)30-17-6-7-18(11-17)31-24-28-12-16(13-29-24)15-4-5-15/h2-3,8-10,12-15,17-18H,4-7,11H2,1H3,(H,27,30)(H,28,29,31)/t17-,18-/m0/s1. The highest BCUT2D eigenvalue weighted by Gasteiger charge is 2.27. The van der Waals surface area contributed by atoms with Crippen molar-refractivity contribution in [3.63, 3.8) is 0 Å². The van der Waals surface area contributed by atoms with E-state index in [0.29, 0.717) is 40.4 Å². The van der Waals surface area contributed by atoms with Crippen molar-refractivity contribution in [2.45, 2.75) is 50.1 Å². The third kappa shape index (κ3) is 4.16. The number of hydrogen-bond acceptors (Lipinski definition) is 8. The summed E-state index contributed by atoms with van der Waals surface area (Å²) in [5.41, 5.74) is 1.15. The first-order chi connectivity index (χ1) is 17.1. The summed E-state index contributed by atoms with van der Waals surface area (Å²) in [5, 5.41) is 7.29. The molecule has 35 heavy (non-hydrogen) atoms. The highest BCUT2D eigenvalue weighted by Crippen LogP contribution is 2.39. The lowest BCUT2D eigenvalue weighted by Crippen LogP contribution is -2.38. The number of pyridine rings is 2. The van der Waals surface area contributed by atoms with Crippen molar-refractivity contribution < 1.29 is 0 Å². The maximum absolute atomic E-state index is 13.0. The second kappa shape index (κ2) is 8.61. The number of aryl methyl sites for hydroxylation is 1. The number of aromatic nitrogens is 6. The summed E-state index contributed by atoms with van der Waals surface area (Å²) in [4.78, 5) is 43.4. The Hall–Kier alpha value is -4.08. The molecule has 4 aromatic heterocycles. The Labute approximate surface area is 201 Å². The number of anilines is 2. The van der Waals surface area contributed by atoms with Gasteiger partial charge in [-0.2, -0.15) is 0 Å². The molecule has 0 bridgehead atoms. The highest BCUT2D eigenvalue weighted by molar-refractivity contribution is 5.73. The van der Waals surface area contributed by atoms with Crippen molar-refractivity contribution in [1.29, 1.82) is 0 Å². The Balaban J connectivity index is 1.13. The van der Waals surface area contributed by atoms with Gasteiger partial charge in [0.25, 0.3) is 5.56 Å². The van der Waals surface area contributed by atoms with Gasteiger partial charge in [0.05, 0.1) is 17.3 Å². The first-order valence-electron chi connectivity index (χ1n) is 11.9. The maximum atomic E-state index is 13.0. The lowest BCUT2D eigenvalue weighted by Gasteiger charge is -2.16. The number of hydrogen-bond donors (Lipinski definition) is 2. The van der Waals surface area contributed by atoms with Crippen LogP contribution in [0.1, 0.15) is 43.6 Å². The number of rotatable bonds is 6. The number of fused-ring (bicyclic) bond motifs is 1. The summed E-state index contributed by atoms with van der Waals surface area (Å²) in [5.74, 6) is 2.04. The van der Waals surface area contributed by atoms with Gasteiger partial charge in [-0.1, -0.05) is 0 Å². The maximum Gasteiger partial charge on any atom is 0.337 e. The van der Waals surface area contributed by atoms with Crippen LogP contribution < -0.4 is 21.9 Å². The Morgan fingerprint density at radius 2 is 1.66 bits per heavy atom. The fourth-order valence-corrected chi connectivity index (χ4v) is 4.79. The van der Waals surface area contributed by atoms with E-state index in [0.717, 1.165) is 23.8 Å². The smallest absolute Gasteiger partial charge is 0.337 e. The van der Waals surface area contributed by atoms with Gasteiger partial charge in [0, 0.05) is 37.7 Å². The van der Waals surface area contributed by atoms with E-state index < -0.39 is 11.2 Å². The Bertz CT molecular complexity index is 1490. The normalized spacial score (nSPS) is 19.7. The van der Waals surface area contributed by atoms with Crippen LogP contribution in [0.5, 0.6) is 0 Å². The summed E-state index contributed by atoms with van der Waals surface area (Å²) in [7, 11) is 1.61. The van der Waals surface area contributed by atoms with E-state index in [1.807, 2.05) is 12.4 Å². The van der Waals surface area contributed by atoms with E-state index in [2.05, 4.69) is 30.6 Å². The minimum atomic E-state index is -0.458. The number of nitrogens with one attached hydrogen (secondary N) is 2. The first-order valence-corrected chi connectivity index (χ1v) is 11.9. The molecule has 178 valence electrons. The predicted molar refractivity (Wildman–Crippen MR) is 133 cm³/mol. The molecule has 10 nitrogen and oxygen atoms in total. The van der Waals surface area contributed by atoms with Gasteiger partial charge in [0.15, 0.2) is 0 Å². The molecule has 0 spiro atoms. The first kappa shape index (κ1) is 21.5. The van der Waals surface area contributed by atoms with Crippen LogP contribution in [0.15, 0.2) is 58.6 Å². The summed E-state index contributed by atoms with van der Waals surface area (Å²) < 4.78 is 2.50. The lowest BCUT2D eigenvalue weighted by molar-refractivity contribution is 0.716. The van der Waals surface area contributed by atoms with Gasteiger partial charge in [0.1, 0.15) is 11.5 Å². The van der Waals surface area contributed by atoms with E-state index >= 15 is 0 Å². The van der Waals surface area contributed by atoms with Crippen molar-refractivity contribution in [1.82, 2.24) is 29.1 Å². The Morgan fingerprint density at radius 3 is 2.37 bits per heavy atom. The van der Waals surface area contributed by atoms with Crippen molar-refractivity contribution >= 4 is 22.8 Å². The van der Waals surface area contributed by atoms with Crippen LogP contribution in [0.3, 0.4) is 0 Å². The summed E-state index contributed by atoms with van der Waals surface area (Å²) >= 11 is 0. The van der Waals surface area contributed by atoms with Gasteiger partial charge in [-0.3, -0.25) is 9.36 Å². The molecule has 0 aliphatic heterocycles. The van der Waals surface area contributed by atoms with Crippen LogP contribution >= 0.6 is 0 Å².